The van der Waals surface area contributed by atoms with Crippen LogP contribution < -0.4 is 5.32 Å². The van der Waals surface area contributed by atoms with E-state index in [1.54, 1.807) is 24.5 Å². The Balaban J connectivity index is 1.91. The van der Waals surface area contributed by atoms with Crippen molar-refractivity contribution in [3.05, 3.63) is 53.1 Å². The summed E-state index contributed by atoms with van der Waals surface area (Å²) in [5, 5.41) is 14.1. The van der Waals surface area contributed by atoms with Gasteiger partial charge >= 0.3 is 0 Å². The predicted molar refractivity (Wildman–Crippen MR) is 71.3 cm³/mol. The molecule has 1 aromatic carbocycles. The minimum Gasteiger partial charge on any atom is -0.387 e. The molecule has 5 heteroatoms. The molecule has 2 atom stereocenters. The summed E-state index contributed by atoms with van der Waals surface area (Å²) in [6.07, 6.45) is 2.91. The average molecular weight is 266 g/mol. The largest absolute Gasteiger partial charge is 0.387 e. The number of benzene rings is 1. The summed E-state index contributed by atoms with van der Waals surface area (Å²) in [5.74, 6) is 0.852. The summed E-state index contributed by atoms with van der Waals surface area (Å²) in [6.45, 7) is 2.53. The zero-order valence-corrected chi connectivity index (χ0v) is 10.9. The molecule has 18 heavy (non-hydrogen) atoms. The van der Waals surface area contributed by atoms with Crippen LogP contribution in [-0.4, -0.2) is 21.1 Å². The molecule has 0 spiro atoms. The SMILES string of the molecule is CC(NCc1ncc[nH]1)C(O)c1ccc(Cl)cc1. The number of aliphatic hydroxyl groups excluding tert-OH is 1. The van der Waals surface area contributed by atoms with Crippen molar-refractivity contribution in [2.24, 2.45) is 0 Å². The van der Waals surface area contributed by atoms with Gasteiger partial charge in [0.15, 0.2) is 0 Å². The second-order valence-electron chi connectivity index (χ2n) is 4.20. The highest BCUT2D eigenvalue weighted by molar-refractivity contribution is 6.30. The van der Waals surface area contributed by atoms with Crippen molar-refractivity contribution in [1.82, 2.24) is 15.3 Å². The van der Waals surface area contributed by atoms with Crippen molar-refractivity contribution >= 4 is 11.6 Å². The number of nitrogens with zero attached hydrogens (tertiary/aromatic N) is 1. The first-order chi connectivity index (χ1) is 8.66. The van der Waals surface area contributed by atoms with Gasteiger partial charge < -0.3 is 15.4 Å². The molecule has 0 bridgehead atoms. The van der Waals surface area contributed by atoms with Gasteiger partial charge in [-0.2, -0.15) is 0 Å². The smallest absolute Gasteiger partial charge is 0.120 e. The van der Waals surface area contributed by atoms with Crippen molar-refractivity contribution in [2.45, 2.75) is 25.6 Å². The number of imidazole rings is 1. The third-order valence-electron chi connectivity index (χ3n) is 2.83. The lowest BCUT2D eigenvalue weighted by Crippen LogP contribution is -2.32. The van der Waals surface area contributed by atoms with E-state index in [-0.39, 0.29) is 6.04 Å². The highest BCUT2D eigenvalue weighted by Crippen LogP contribution is 2.19. The van der Waals surface area contributed by atoms with E-state index < -0.39 is 6.10 Å². The topological polar surface area (TPSA) is 60.9 Å². The van der Waals surface area contributed by atoms with Crippen LogP contribution in [0.5, 0.6) is 0 Å². The first-order valence-electron chi connectivity index (χ1n) is 5.82. The minimum absolute atomic E-state index is 0.0729. The Morgan fingerprint density at radius 2 is 2.11 bits per heavy atom. The fourth-order valence-corrected chi connectivity index (χ4v) is 1.84. The van der Waals surface area contributed by atoms with Gasteiger partial charge in [-0.3, -0.25) is 0 Å². The van der Waals surface area contributed by atoms with Crippen LogP contribution in [-0.2, 0) is 6.54 Å². The fraction of sp³-hybridized carbons (Fsp3) is 0.308. The Labute approximate surface area is 111 Å². The molecule has 0 aliphatic heterocycles. The Morgan fingerprint density at radius 3 is 2.72 bits per heavy atom. The summed E-state index contributed by atoms with van der Waals surface area (Å²) in [4.78, 5) is 7.12. The number of nitrogens with one attached hydrogen (secondary N) is 2. The van der Waals surface area contributed by atoms with Crippen LogP contribution in [0, 0.1) is 0 Å². The van der Waals surface area contributed by atoms with Crippen molar-refractivity contribution in [1.29, 1.82) is 0 Å². The van der Waals surface area contributed by atoms with E-state index in [4.69, 9.17) is 11.6 Å². The van der Waals surface area contributed by atoms with E-state index in [9.17, 15) is 5.11 Å². The summed E-state index contributed by atoms with van der Waals surface area (Å²) < 4.78 is 0. The van der Waals surface area contributed by atoms with Gasteiger partial charge in [0.05, 0.1) is 12.6 Å². The van der Waals surface area contributed by atoms with Gasteiger partial charge in [0, 0.05) is 23.5 Å². The van der Waals surface area contributed by atoms with Crippen LogP contribution in [0.3, 0.4) is 0 Å². The monoisotopic (exact) mass is 265 g/mol. The van der Waals surface area contributed by atoms with E-state index in [0.717, 1.165) is 11.4 Å². The molecule has 0 aliphatic carbocycles. The van der Waals surface area contributed by atoms with Gasteiger partial charge in [0.2, 0.25) is 0 Å². The molecule has 0 fully saturated rings. The van der Waals surface area contributed by atoms with E-state index in [1.807, 2.05) is 19.1 Å². The van der Waals surface area contributed by atoms with Crippen LogP contribution in [0.4, 0.5) is 0 Å². The number of H-pyrrole nitrogens is 1. The van der Waals surface area contributed by atoms with Crippen LogP contribution in [0.15, 0.2) is 36.7 Å². The normalized spacial score (nSPS) is 14.4. The molecule has 0 aliphatic rings. The van der Waals surface area contributed by atoms with Crippen LogP contribution >= 0.6 is 11.6 Å². The van der Waals surface area contributed by atoms with Crippen LogP contribution in [0.2, 0.25) is 5.02 Å². The Hall–Kier alpha value is -1.36. The number of hydrogen-bond donors (Lipinski definition) is 3. The van der Waals surface area contributed by atoms with E-state index in [1.165, 1.54) is 0 Å². The molecule has 3 N–H and O–H groups in total. The number of hydrogen-bond acceptors (Lipinski definition) is 3. The summed E-state index contributed by atoms with van der Waals surface area (Å²) in [7, 11) is 0. The molecule has 0 radical (unpaired) electrons. The first-order valence-corrected chi connectivity index (χ1v) is 6.20. The van der Waals surface area contributed by atoms with Gasteiger partial charge in [-0.15, -0.1) is 0 Å². The maximum absolute atomic E-state index is 10.2. The Morgan fingerprint density at radius 1 is 1.39 bits per heavy atom. The number of halogens is 1. The fourth-order valence-electron chi connectivity index (χ4n) is 1.71. The van der Waals surface area contributed by atoms with Crippen LogP contribution in [0.25, 0.3) is 0 Å². The molecule has 0 amide bonds. The highest BCUT2D eigenvalue weighted by atomic mass is 35.5. The lowest BCUT2D eigenvalue weighted by Gasteiger charge is -2.20. The van der Waals surface area contributed by atoms with E-state index in [2.05, 4.69) is 15.3 Å². The number of aliphatic hydroxyl groups is 1. The number of aromatic nitrogens is 2. The number of aromatic amines is 1. The molecule has 0 saturated carbocycles. The first kappa shape index (κ1) is 13.1. The quantitative estimate of drug-likeness (QED) is 0.777. The minimum atomic E-state index is -0.572. The zero-order chi connectivity index (χ0) is 13.0. The van der Waals surface area contributed by atoms with Crippen molar-refractivity contribution in [3.63, 3.8) is 0 Å². The predicted octanol–water partition coefficient (Wildman–Crippen LogP) is 2.27. The highest BCUT2D eigenvalue weighted by Gasteiger charge is 2.15. The molecule has 1 heterocycles. The summed E-state index contributed by atoms with van der Waals surface area (Å²) in [5.41, 5.74) is 0.846. The maximum Gasteiger partial charge on any atom is 0.120 e. The van der Waals surface area contributed by atoms with Gasteiger partial charge in [0.25, 0.3) is 0 Å². The molecule has 0 saturated heterocycles. The third kappa shape index (κ3) is 3.32. The third-order valence-corrected chi connectivity index (χ3v) is 3.08. The lowest BCUT2D eigenvalue weighted by atomic mass is 10.0. The zero-order valence-electron chi connectivity index (χ0n) is 10.1. The lowest BCUT2D eigenvalue weighted by molar-refractivity contribution is 0.135. The molecular formula is C13H16ClN3O. The maximum atomic E-state index is 10.2. The molecule has 2 aromatic rings. The molecular weight excluding hydrogens is 250 g/mol. The molecule has 96 valence electrons. The summed E-state index contributed by atoms with van der Waals surface area (Å²) >= 11 is 5.81. The molecule has 4 nitrogen and oxygen atoms in total. The van der Waals surface area contributed by atoms with Crippen molar-refractivity contribution in [3.8, 4) is 0 Å². The van der Waals surface area contributed by atoms with Gasteiger partial charge in [-0.25, -0.2) is 4.98 Å². The number of rotatable bonds is 5. The van der Waals surface area contributed by atoms with E-state index >= 15 is 0 Å². The Kier molecular flexibility index (Phi) is 4.36. The van der Waals surface area contributed by atoms with E-state index in [0.29, 0.717) is 11.6 Å². The second kappa shape index (κ2) is 6.00. The van der Waals surface area contributed by atoms with Crippen molar-refractivity contribution in [2.75, 3.05) is 0 Å². The van der Waals surface area contributed by atoms with Gasteiger partial charge in [-0.1, -0.05) is 23.7 Å². The average Bonchev–Trinajstić information content (AvgIpc) is 2.89. The molecule has 2 unspecified atom stereocenters. The van der Waals surface area contributed by atoms with Gasteiger partial charge in [-0.05, 0) is 24.6 Å². The molecule has 1 aromatic heterocycles. The second-order valence-corrected chi connectivity index (χ2v) is 4.64. The van der Waals surface area contributed by atoms with Crippen molar-refractivity contribution < 1.29 is 5.11 Å². The standard InChI is InChI=1S/C13H16ClN3O/c1-9(17-8-12-15-6-7-16-12)13(18)10-2-4-11(14)5-3-10/h2-7,9,13,17-18H,8H2,1H3,(H,15,16). The summed E-state index contributed by atoms with van der Waals surface area (Å²) in [6, 6.07) is 7.14. The van der Waals surface area contributed by atoms with Crippen LogP contribution in [0.1, 0.15) is 24.4 Å². The Bertz CT molecular complexity index is 469. The molecule has 2 rings (SSSR count). The van der Waals surface area contributed by atoms with Gasteiger partial charge in [0.1, 0.15) is 5.82 Å².